The van der Waals surface area contributed by atoms with Gasteiger partial charge >= 0.3 is 0 Å². The monoisotopic (exact) mass is 312 g/mol. The Balaban J connectivity index is 2.35. The second-order valence-corrected chi connectivity index (χ2v) is 7.69. The maximum absolute atomic E-state index is 12.4. The molecule has 2 rings (SSSR count). The first-order valence-electron chi connectivity index (χ1n) is 8.64. The van der Waals surface area contributed by atoms with Crippen molar-refractivity contribution >= 4 is 15.7 Å². The van der Waals surface area contributed by atoms with Crippen molar-refractivity contribution in [1.82, 2.24) is 4.83 Å². The lowest BCUT2D eigenvalue weighted by Gasteiger charge is -2.35. The van der Waals surface area contributed by atoms with Crippen LogP contribution in [0.5, 0.6) is 0 Å². The van der Waals surface area contributed by atoms with E-state index in [0.717, 1.165) is 18.4 Å². The topological polar surface area (TPSA) is 58.5 Å². The molecule has 1 aliphatic rings. The van der Waals surface area contributed by atoms with Gasteiger partial charge in [-0.05, 0) is 37.8 Å². The molecule has 0 aromatic heterocycles. The van der Waals surface area contributed by atoms with Crippen molar-refractivity contribution in [3.8, 4) is 0 Å². The minimum absolute atomic E-state index is 0.0788. The van der Waals surface area contributed by atoms with Crippen LogP contribution in [0.15, 0.2) is 34.3 Å². The van der Waals surface area contributed by atoms with E-state index in [4.69, 9.17) is 4.11 Å². The zero-order valence-electron chi connectivity index (χ0n) is 15.7. The van der Waals surface area contributed by atoms with Gasteiger partial charge in [0.15, 0.2) is 0 Å². The molecule has 1 N–H and O–H groups in total. The summed E-state index contributed by atoms with van der Waals surface area (Å²) < 4.78 is 48.3. The van der Waals surface area contributed by atoms with Crippen LogP contribution in [0, 0.1) is 18.3 Å². The predicted molar refractivity (Wildman–Crippen MR) is 85.7 cm³/mol. The third-order valence-electron chi connectivity index (χ3n) is 3.96. The van der Waals surface area contributed by atoms with E-state index in [0.29, 0.717) is 12.1 Å². The highest BCUT2D eigenvalue weighted by molar-refractivity contribution is 7.89. The summed E-state index contributed by atoms with van der Waals surface area (Å²) in [5.41, 5.74) is 0.251. The van der Waals surface area contributed by atoms with Gasteiger partial charge in [0.25, 0.3) is 10.0 Å². The summed E-state index contributed by atoms with van der Waals surface area (Å²) in [5.74, 6) is -0.0788. The van der Waals surface area contributed by atoms with Crippen LogP contribution >= 0.6 is 0 Å². The van der Waals surface area contributed by atoms with Gasteiger partial charge in [0.05, 0.1) is 4.90 Å². The Morgan fingerprint density at radius 3 is 2.67 bits per heavy atom. The fourth-order valence-electron chi connectivity index (χ4n) is 2.68. The Labute approximate surface area is 131 Å². The summed E-state index contributed by atoms with van der Waals surface area (Å²) in [6.45, 7) is 3.18. The number of hydrogen-bond acceptors (Lipinski definition) is 3. The maximum Gasteiger partial charge on any atom is 0.276 e. The Morgan fingerprint density at radius 2 is 2.05 bits per heavy atom. The molecule has 116 valence electrons. The molecule has 4 nitrogen and oxygen atoms in total. The second kappa shape index (κ2) is 5.79. The summed E-state index contributed by atoms with van der Waals surface area (Å²) in [6.07, 6.45) is 2.06. The third-order valence-corrected chi connectivity index (χ3v) is 5.19. The first-order valence-corrected chi connectivity index (χ1v) is 8.62. The van der Waals surface area contributed by atoms with Crippen LogP contribution < -0.4 is 4.83 Å². The molecule has 1 aromatic rings. The molecular weight excluding hydrogens is 285 g/mol. The summed E-state index contributed by atoms with van der Waals surface area (Å²) in [7, 11) is -3.82. The van der Waals surface area contributed by atoms with E-state index in [1.165, 1.54) is 12.1 Å². The van der Waals surface area contributed by atoms with Gasteiger partial charge in [0, 0.05) is 15.2 Å². The molecule has 1 fully saturated rings. The van der Waals surface area contributed by atoms with Crippen molar-refractivity contribution in [3.05, 3.63) is 29.8 Å². The molecule has 1 aromatic carbocycles. The molecule has 5 heteroatoms. The van der Waals surface area contributed by atoms with E-state index in [1.807, 2.05) is 13.8 Å². The Morgan fingerprint density at radius 1 is 1.38 bits per heavy atom. The van der Waals surface area contributed by atoms with Gasteiger partial charge in [-0.25, -0.2) is 4.83 Å². The van der Waals surface area contributed by atoms with Crippen LogP contribution in [-0.4, -0.2) is 14.1 Å². The number of hydrogen-bond donors (Lipinski definition) is 1. The first kappa shape index (κ1) is 12.2. The fourth-order valence-corrected chi connectivity index (χ4v) is 3.50. The predicted octanol–water partition coefficient (Wildman–Crippen LogP) is 3.48. The van der Waals surface area contributed by atoms with Crippen LogP contribution in [0.3, 0.4) is 0 Å². The minimum Gasteiger partial charge on any atom is -0.200 e. The van der Waals surface area contributed by atoms with Gasteiger partial charge in [-0.15, -0.1) is 0 Å². The number of aryl methyl sites for hydroxylation is 1. The molecular formula is C16H24N2O2S. The average Bonchev–Trinajstić information content (AvgIpc) is 2.46. The fraction of sp³-hybridized carbons (Fsp3) is 0.562. The number of nitrogens with one attached hydrogen (secondary N) is 1. The van der Waals surface area contributed by atoms with Crippen LogP contribution in [0.1, 0.15) is 49.6 Å². The van der Waals surface area contributed by atoms with E-state index >= 15 is 0 Å². The summed E-state index contributed by atoms with van der Waals surface area (Å²) in [4.78, 5) is 2.34. The molecule has 0 saturated heterocycles. The summed E-state index contributed by atoms with van der Waals surface area (Å²) in [6, 6.07) is 6.42. The van der Waals surface area contributed by atoms with E-state index in [2.05, 4.69) is 9.93 Å². The largest absolute Gasteiger partial charge is 0.276 e. The number of nitrogens with zero attached hydrogens (tertiary/aromatic N) is 1. The Kier molecular flexibility index (Phi) is 3.37. The highest BCUT2D eigenvalue weighted by Crippen LogP contribution is 2.36. The molecule has 0 spiro atoms. The molecule has 2 unspecified atom stereocenters. The van der Waals surface area contributed by atoms with Crippen molar-refractivity contribution in [2.45, 2.75) is 51.8 Å². The molecule has 1 aliphatic carbocycles. The van der Waals surface area contributed by atoms with Crippen LogP contribution in [0.25, 0.3) is 0 Å². The standard InChI is InChI=1S/C16H24N2O2S/c1-12-7-9-14(10-8-12)21(19,20)18-17-15-13(2)6-5-11-16(15,3)4/h7-10,13,18H,5-6,11H2,1-4H3/b17-15+/i3+1D3. The zero-order chi connectivity index (χ0) is 18.2. The van der Waals surface area contributed by atoms with Crippen molar-refractivity contribution in [3.63, 3.8) is 0 Å². The summed E-state index contributed by atoms with van der Waals surface area (Å²) in [5, 5.41) is 4.07. The number of sulfonamides is 1. The highest BCUT2D eigenvalue weighted by Gasteiger charge is 2.33. The SMILES string of the molecule is [2H][13C]([2H])([2H])C1(C)CCCC(C)/C1=N\NS(=O)(=O)c1ccc(C)cc1. The first-order chi connectivity index (χ1) is 11.0. The Hall–Kier alpha value is -1.36. The zero-order valence-corrected chi connectivity index (χ0v) is 13.5. The molecule has 0 amide bonds. The quantitative estimate of drug-likeness (QED) is 0.686. The minimum atomic E-state index is -3.82. The lowest BCUT2D eigenvalue weighted by Crippen LogP contribution is -2.36. The van der Waals surface area contributed by atoms with Crippen molar-refractivity contribution in [2.75, 3.05) is 0 Å². The number of benzene rings is 1. The molecule has 0 bridgehead atoms. The van der Waals surface area contributed by atoms with E-state index < -0.39 is 22.3 Å². The van der Waals surface area contributed by atoms with E-state index in [9.17, 15) is 8.42 Å². The van der Waals surface area contributed by atoms with Gasteiger partial charge < -0.3 is 0 Å². The molecule has 0 radical (unpaired) electrons. The number of hydrazone groups is 1. The third kappa shape index (κ3) is 3.64. The van der Waals surface area contributed by atoms with Gasteiger partial charge in [-0.1, -0.05) is 44.8 Å². The molecule has 2 atom stereocenters. The highest BCUT2D eigenvalue weighted by atomic mass is 32.2. The van der Waals surface area contributed by atoms with Gasteiger partial charge in [0.1, 0.15) is 0 Å². The Bertz CT molecular complexity index is 727. The molecule has 21 heavy (non-hydrogen) atoms. The van der Waals surface area contributed by atoms with Crippen molar-refractivity contribution < 1.29 is 12.5 Å². The maximum atomic E-state index is 12.4. The van der Waals surface area contributed by atoms with Crippen molar-refractivity contribution in [1.29, 1.82) is 0 Å². The molecule has 1 saturated carbocycles. The van der Waals surface area contributed by atoms with E-state index in [1.54, 1.807) is 19.1 Å². The smallest absolute Gasteiger partial charge is 0.200 e. The summed E-state index contributed by atoms with van der Waals surface area (Å²) >= 11 is 0. The lowest BCUT2D eigenvalue weighted by molar-refractivity contribution is 0.369. The van der Waals surface area contributed by atoms with Gasteiger partial charge in [0.2, 0.25) is 0 Å². The van der Waals surface area contributed by atoms with Crippen LogP contribution in [0.4, 0.5) is 0 Å². The average molecular weight is 312 g/mol. The normalized spacial score (nSPS) is 31.3. The van der Waals surface area contributed by atoms with Crippen LogP contribution in [0.2, 0.25) is 0 Å². The number of rotatable bonds is 3. The van der Waals surface area contributed by atoms with Gasteiger partial charge in [-0.3, -0.25) is 0 Å². The second-order valence-electron chi connectivity index (χ2n) is 6.03. The van der Waals surface area contributed by atoms with E-state index in [-0.39, 0.29) is 10.8 Å². The lowest BCUT2D eigenvalue weighted by atomic mass is 9.74. The van der Waals surface area contributed by atoms with Crippen molar-refractivity contribution in [2.24, 2.45) is 16.4 Å². The van der Waals surface area contributed by atoms with Crippen LogP contribution in [-0.2, 0) is 10.0 Å². The molecule has 0 heterocycles. The van der Waals surface area contributed by atoms with Gasteiger partial charge in [-0.2, -0.15) is 13.5 Å². The molecule has 0 aliphatic heterocycles.